The number of amides is 1. The molecule has 1 fully saturated rings. The fourth-order valence-electron chi connectivity index (χ4n) is 3.15. The van der Waals surface area contributed by atoms with Gasteiger partial charge in [-0.05, 0) is 39.7 Å². The third kappa shape index (κ3) is 2.56. The normalized spacial score (nSPS) is 24.1. The smallest absolute Gasteiger partial charge is 0.410 e. The predicted octanol–water partition coefficient (Wildman–Crippen LogP) is 3.08. The molecule has 0 aromatic heterocycles. The largest absolute Gasteiger partial charge is 0.449 e. The number of carbonyl (C=O) groups is 2. The van der Waals surface area contributed by atoms with Gasteiger partial charge in [-0.1, -0.05) is 18.2 Å². The highest BCUT2D eigenvalue weighted by Crippen LogP contribution is 2.42. The van der Waals surface area contributed by atoms with Crippen LogP contribution in [0.15, 0.2) is 24.3 Å². The van der Waals surface area contributed by atoms with Crippen LogP contribution >= 0.6 is 0 Å². The van der Waals surface area contributed by atoms with Gasteiger partial charge in [-0.2, -0.15) is 0 Å². The summed E-state index contributed by atoms with van der Waals surface area (Å²) in [6.45, 7) is 6.50. The second-order valence-electron chi connectivity index (χ2n) is 6.93. The van der Waals surface area contributed by atoms with Gasteiger partial charge in [0.15, 0.2) is 5.60 Å². The summed E-state index contributed by atoms with van der Waals surface area (Å²) in [6.07, 6.45) is 1.16. The molecule has 1 atom stereocenters. The quantitative estimate of drug-likeness (QED) is 0.691. The predicted molar refractivity (Wildman–Crippen MR) is 80.6 cm³/mol. The molecule has 1 spiro atoms. The highest BCUT2D eigenvalue weighted by Gasteiger charge is 2.49. The molecule has 22 heavy (non-hydrogen) atoms. The van der Waals surface area contributed by atoms with E-state index in [1.165, 1.54) is 0 Å². The Labute approximate surface area is 130 Å². The van der Waals surface area contributed by atoms with Gasteiger partial charge in [-0.15, -0.1) is 0 Å². The SMILES string of the molecule is CC(C)(C)OC(=O)N1CCC[C@]2(C1)OC(=O)c1ccccc12. The molecule has 0 aliphatic carbocycles. The second-order valence-corrected chi connectivity index (χ2v) is 6.93. The third-order valence-corrected chi connectivity index (χ3v) is 4.03. The minimum Gasteiger partial charge on any atom is -0.449 e. The molecule has 1 aromatic rings. The molecule has 2 aliphatic rings. The summed E-state index contributed by atoms with van der Waals surface area (Å²) in [6, 6.07) is 7.42. The molecule has 1 aromatic carbocycles. The summed E-state index contributed by atoms with van der Waals surface area (Å²) >= 11 is 0. The molecule has 5 nitrogen and oxygen atoms in total. The van der Waals surface area contributed by atoms with Crippen molar-refractivity contribution in [2.24, 2.45) is 0 Å². The van der Waals surface area contributed by atoms with E-state index >= 15 is 0 Å². The van der Waals surface area contributed by atoms with Gasteiger partial charge in [0.1, 0.15) is 5.60 Å². The zero-order valence-electron chi connectivity index (χ0n) is 13.2. The fraction of sp³-hybridized carbons (Fsp3) is 0.529. The summed E-state index contributed by atoms with van der Waals surface area (Å²) in [5.74, 6) is -0.304. The number of nitrogens with zero attached hydrogens (tertiary/aromatic N) is 1. The average Bonchev–Trinajstić information content (AvgIpc) is 2.70. The van der Waals surface area contributed by atoms with Crippen molar-refractivity contribution in [2.75, 3.05) is 13.1 Å². The Morgan fingerprint density at radius 1 is 1.32 bits per heavy atom. The van der Waals surface area contributed by atoms with Gasteiger partial charge in [0.2, 0.25) is 0 Å². The lowest BCUT2D eigenvalue weighted by Gasteiger charge is -2.39. The number of fused-ring (bicyclic) bond motifs is 2. The van der Waals surface area contributed by atoms with Gasteiger partial charge in [0.05, 0.1) is 12.1 Å². The second kappa shape index (κ2) is 5.00. The third-order valence-electron chi connectivity index (χ3n) is 4.03. The maximum absolute atomic E-state index is 12.3. The first-order valence-electron chi connectivity index (χ1n) is 7.62. The van der Waals surface area contributed by atoms with Gasteiger partial charge >= 0.3 is 12.1 Å². The van der Waals surface area contributed by atoms with Crippen molar-refractivity contribution in [1.82, 2.24) is 4.90 Å². The number of likely N-dealkylation sites (tertiary alicyclic amines) is 1. The van der Waals surface area contributed by atoms with Crippen LogP contribution in [-0.2, 0) is 15.1 Å². The van der Waals surface area contributed by atoms with Gasteiger partial charge < -0.3 is 14.4 Å². The number of hydrogen-bond donors (Lipinski definition) is 0. The van der Waals surface area contributed by atoms with E-state index in [9.17, 15) is 9.59 Å². The van der Waals surface area contributed by atoms with Crippen LogP contribution in [-0.4, -0.2) is 35.7 Å². The molecule has 5 heteroatoms. The Morgan fingerprint density at radius 2 is 2.05 bits per heavy atom. The molecular formula is C17H21NO4. The van der Waals surface area contributed by atoms with Crippen LogP contribution in [0.2, 0.25) is 0 Å². The average molecular weight is 303 g/mol. The highest BCUT2D eigenvalue weighted by atomic mass is 16.6. The van der Waals surface area contributed by atoms with Crippen LogP contribution < -0.4 is 0 Å². The lowest BCUT2D eigenvalue weighted by molar-refractivity contribution is -0.0557. The molecule has 1 saturated heterocycles. The number of carbonyl (C=O) groups excluding carboxylic acids is 2. The Morgan fingerprint density at radius 3 is 2.77 bits per heavy atom. The Balaban J connectivity index is 1.85. The highest BCUT2D eigenvalue weighted by molar-refractivity contribution is 5.94. The maximum Gasteiger partial charge on any atom is 0.410 e. The Bertz CT molecular complexity index is 619. The zero-order chi connectivity index (χ0) is 16.0. The topological polar surface area (TPSA) is 55.8 Å². The molecule has 2 aliphatic heterocycles. The minimum atomic E-state index is -0.719. The Hall–Kier alpha value is -2.04. The van der Waals surface area contributed by atoms with Crippen molar-refractivity contribution in [3.63, 3.8) is 0 Å². The molecule has 2 heterocycles. The first-order chi connectivity index (χ1) is 10.3. The van der Waals surface area contributed by atoms with Crippen molar-refractivity contribution < 1.29 is 19.1 Å². The lowest BCUT2D eigenvalue weighted by Crippen LogP contribution is -2.50. The molecule has 0 bridgehead atoms. The number of rotatable bonds is 0. The van der Waals surface area contributed by atoms with E-state index in [1.807, 2.05) is 39.0 Å². The fourth-order valence-corrected chi connectivity index (χ4v) is 3.15. The maximum atomic E-state index is 12.3. The van der Waals surface area contributed by atoms with Crippen LogP contribution in [0.25, 0.3) is 0 Å². The number of piperidine rings is 1. The van der Waals surface area contributed by atoms with E-state index in [-0.39, 0.29) is 12.1 Å². The van der Waals surface area contributed by atoms with Crippen molar-refractivity contribution in [1.29, 1.82) is 0 Å². The molecule has 1 amide bonds. The van der Waals surface area contributed by atoms with Crippen LogP contribution in [0.1, 0.15) is 49.5 Å². The summed E-state index contributed by atoms with van der Waals surface area (Å²) in [5, 5.41) is 0. The minimum absolute atomic E-state index is 0.304. The van der Waals surface area contributed by atoms with Crippen LogP contribution in [0.3, 0.4) is 0 Å². The van der Waals surface area contributed by atoms with E-state index in [4.69, 9.17) is 9.47 Å². The van der Waals surface area contributed by atoms with Gasteiger partial charge in [-0.25, -0.2) is 9.59 Å². The van der Waals surface area contributed by atoms with Crippen molar-refractivity contribution in [3.05, 3.63) is 35.4 Å². The summed E-state index contributed by atoms with van der Waals surface area (Å²) in [5.41, 5.74) is 0.233. The van der Waals surface area contributed by atoms with Gasteiger partial charge in [-0.3, -0.25) is 0 Å². The van der Waals surface area contributed by atoms with Crippen molar-refractivity contribution >= 4 is 12.1 Å². The number of ether oxygens (including phenoxy) is 2. The van der Waals surface area contributed by atoms with Crippen molar-refractivity contribution in [3.8, 4) is 0 Å². The van der Waals surface area contributed by atoms with Gasteiger partial charge in [0, 0.05) is 12.1 Å². The molecule has 3 rings (SSSR count). The molecule has 0 saturated carbocycles. The summed E-state index contributed by atoms with van der Waals surface area (Å²) < 4.78 is 11.1. The first kappa shape index (κ1) is 14.9. The lowest BCUT2D eigenvalue weighted by atomic mass is 9.85. The standard InChI is InChI=1S/C17H21NO4/c1-16(2,3)22-15(20)18-10-6-9-17(11-18)13-8-5-4-7-12(13)14(19)21-17/h4-5,7-8H,6,9-11H2,1-3H3/t17-/m1/s1. The first-order valence-corrected chi connectivity index (χ1v) is 7.62. The van der Waals surface area contributed by atoms with Crippen LogP contribution in [0.5, 0.6) is 0 Å². The zero-order valence-corrected chi connectivity index (χ0v) is 13.2. The number of hydrogen-bond acceptors (Lipinski definition) is 4. The molecule has 0 radical (unpaired) electrons. The summed E-state index contributed by atoms with van der Waals surface area (Å²) in [4.78, 5) is 26.0. The molecule has 118 valence electrons. The Kier molecular flexibility index (Phi) is 3.38. The van der Waals surface area contributed by atoms with Crippen molar-refractivity contribution in [2.45, 2.75) is 44.8 Å². The van der Waals surface area contributed by atoms with E-state index in [0.29, 0.717) is 18.7 Å². The van der Waals surface area contributed by atoms with E-state index in [1.54, 1.807) is 11.0 Å². The molecule has 0 N–H and O–H groups in total. The number of benzene rings is 1. The van der Waals surface area contributed by atoms with Crippen LogP contribution in [0, 0.1) is 0 Å². The van der Waals surface area contributed by atoms with Gasteiger partial charge in [0.25, 0.3) is 0 Å². The van der Waals surface area contributed by atoms with Crippen LogP contribution in [0.4, 0.5) is 4.79 Å². The van der Waals surface area contributed by atoms with E-state index in [0.717, 1.165) is 18.4 Å². The molecule has 0 unspecified atom stereocenters. The monoisotopic (exact) mass is 303 g/mol. The van der Waals surface area contributed by atoms with E-state index < -0.39 is 11.2 Å². The number of esters is 1. The molecular weight excluding hydrogens is 282 g/mol. The summed E-state index contributed by atoms with van der Waals surface area (Å²) in [7, 11) is 0. The van der Waals surface area contributed by atoms with E-state index in [2.05, 4.69) is 0 Å².